The summed E-state index contributed by atoms with van der Waals surface area (Å²) >= 11 is 0. The highest BCUT2D eigenvalue weighted by molar-refractivity contribution is 5.83. The molecule has 0 bridgehead atoms. The van der Waals surface area contributed by atoms with Crippen molar-refractivity contribution in [3.8, 4) is 11.1 Å². The molecule has 0 aromatic heterocycles. The summed E-state index contributed by atoms with van der Waals surface area (Å²) in [5.41, 5.74) is 3.71. The molecular formula is C29H37FN2O3. The molecule has 1 N–H and O–H groups in total. The zero-order valence-electron chi connectivity index (χ0n) is 21.5. The minimum absolute atomic E-state index is 0.0268. The summed E-state index contributed by atoms with van der Waals surface area (Å²) < 4.78 is 20.9. The molecule has 0 saturated carbocycles. The topological polar surface area (TPSA) is 58.6 Å². The molecule has 2 amide bonds. The summed E-state index contributed by atoms with van der Waals surface area (Å²) in [5, 5.41) is 2.83. The Morgan fingerprint density at radius 3 is 2.63 bits per heavy atom. The van der Waals surface area contributed by atoms with E-state index in [-0.39, 0.29) is 23.7 Å². The number of likely N-dealkylation sites (tertiary alicyclic amines) is 1. The van der Waals surface area contributed by atoms with Gasteiger partial charge in [0.2, 0.25) is 5.91 Å². The number of halogens is 1. The van der Waals surface area contributed by atoms with E-state index >= 15 is 4.39 Å². The number of ether oxygens (including phenoxy) is 1. The zero-order valence-corrected chi connectivity index (χ0v) is 21.5. The van der Waals surface area contributed by atoms with E-state index in [4.69, 9.17) is 4.74 Å². The number of nitrogens with zero attached hydrogens (tertiary/aromatic N) is 1. The van der Waals surface area contributed by atoms with Gasteiger partial charge in [-0.05, 0) is 69.7 Å². The Bertz CT molecular complexity index is 1090. The maximum absolute atomic E-state index is 15.3. The predicted octanol–water partition coefficient (Wildman–Crippen LogP) is 6.36. The van der Waals surface area contributed by atoms with Crippen LogP contribution in [0.4, 0.5) is 9.18 Å². The molecule has 188 valence electrons. The van der Waals surface area contributed by atoms with Crippen LogP contribution in [0.5, 0.6) is 0 Å². The van der Waals surface area contributed by atoms with Crippen LogP contribution in [0.1, 0.15) is 58.1 Å². The fraction of sp³-hybridized carbons (Fsp3) is 0.448. The van der Waals surface area contributed by atoms with Gasteiger partial charge < -0.3 is 15.0 Å². The molecule has 1 fully saturated rings. The average molecular weight is 481 g/mol. The van der Waals surface area contributed by atoms with Gasteiger partial charge >= 0.3 is 6.09 Å². The van der Waals surface area contributed by atoms with Crippen LogP contribution in [0.3, 0.4) is 0 Å². The van der Waals surface area contributed by atoms with Gasteiger partial charge in [0.05, 0.1) is 0 Å². The van der Waals surface area contributed by atoms with Gasteiger partial charge in [-0.1, -0.05) is 48.0 Å². The van der Waals surface area contributed by atoms with Crippen molar-refractivity contribution in [2.45, 2.75) is 59.5 Å². The first-order valence-electron chi connectivity index (χ1n) is 12.3. The lowest BCUT2D eigenvalue weighted by Gasteiger charge is -2.35. The van der Waals surface area contributed by atoms with E-state index in [1.54, 1.807) is 11.0 Å². The van der Waals surface area contributed by atoms with Crippen LogP contribution in [-0.4, -0.2) is 42.1 Å². The van der Waals surface area contributed by atoms with Crippen molar-refractivity contribution in [3.05, 3.63) is 65.5 Å². The van der Waals surface area contributed by atoms with Crippen LogP contribution in [0.2, 0.25) is 0 Å². The summed E-state index contributed by atoms with van der Waals surface area (Å²) in [5.74, 6) is -0.334. The van der Waals surface area contributed by atoms with E-state index in [0.717, 1.165) is 35.1 Å². The molecule has 0 aliphatic carbocycles. The molecule has 1 aliphatic rings. The molecule has 1 aliphatic heterocycles. The number of nitrogens with one attached hydrogen (secondary N) is 1. The molecule has 2 aromatic rings. The summed E-state index contributed by atoms with van der Waals surface area (Å²) in [6.07, 6.45) is 4.10. The van der Waals surface area contributed by atoms with Gasteiger partial charge in [-0.25, -0.2) is 9.18 Å². The molecule has 0 unspecified atom stereocenters. The van der Waals surface area contributed by atoms with Crippen molar-refractivity contribution in [2.75, 3.05) is 19.6 Å². The number of aryl methyl sites for hydroxylation is 1. The Kier molecular flexibility index (Phi) is 8.71. The number of hydrogen-bond donors (Lipinski definition) is 1. The fourth-order valence-corrected chi connectivity index (χ4v) is 4.55. The van der Waals surface area contributed by atoms with Crippen LogP contribution < -0.4 is 5.32 Å². The molecule has 1 atom stereocenters. The SMILES string of the molecule is CC(=O)NCC/C=C(\c1cccc(F)c1-c1cccc(C)c1)[C@@H]1CCCN(C(=O)OC(C)(C)C)C1. The first kappa shape index (κ1) is 26.5. The van der Waals surface area contributed by atoms with Crippen LogP contribution in [0.15, 0.2) is 48.5 Å². The minimum atomic E-state index is -0.568. The smallest absolute Gasteiger partial charge is 0.410 e. The van der Waals surface area contributed by atoms with E-state index < -0.39 is 5.60 Å². The molecule has 0 radical (unpaired) electrons. The van der Waals surface area contributed by atoms with Crippen molar-refractivity contribution in [1.29, 1.82) is 0 Å². The fourth-order valence-electron chi connectivity index (χ4n) is 4.55. The molecule has 6 heteroatoms. The lowest BCUT2D eigenvalue weighted by atomic mass is 9.82. The van der Waals surface area contributed by atoms with E-state index in [0.29, 0.717) is 31.6 Å². The molecule has 5 nitrogen and oxygen atoms in total. The summed E-state index contributed by atoms with van der Waals surface area (Å²) in [6.45, 7) is 10.7. The maximum atomic E-state index is 15.3. The Morgan fingerprint density at radius 1 is 1.20 bits per heavy atom. The highest BCUT2D eigenvalue weighted by atomic mass is 19.1. The first-order chi connectivity index (χ1) is 16.5. The van der Waals surface area contributed by atoms with Crippen LogP contribution in [-0.2, 0) is 9.53 Å². The summed E-state index contributed by atoms with van der Waals surface area (Å²) in [6, 6.07) is 13.0. The van der Waals surface area contributed by atoms with Gasteiger partial charge in [0.1, 0.15) is 11.4 Å². The molecular weight excluding hydrogens is 443 g/mol. The van der Waals surface area contributed by atoms with E-state index in [1.807, 2.05) is 58.0 Å². The third-order valence-electron chi connectivity index (χ3n) is 6.03. The average Bonchev–Trinajstić information content (AvgIpc) is 2.78. The zero-order chi connectivity index (χ0) is 25.6. The molecule has 1 saturated heterocycles. The van der Waals surface area contributed by atoms with Gasteiger partial charge in [0.25, 0.3) is 0 Å². The lowest BCUT2D eigenvalue weighted by molar-refractivity contribution is -0.118. The summed E-state index contributed by atoms with van der Waals surface area (Å²) in [7, 11) is 0. The van der Waals surface area contributed by atoms with Gasteiger partial charge in [0, 0.05) is 38.0 Å². The van der Waals surface area contributed by atoms with Crippen LogP contribution in [0.25, 0.3) is 16.7 Å². The van der Waals surface area contributed by atoms with Gasteiger partial charge in [-0.15, -0.1) is 0 Å². The van der Waals surface area contributed by atoms with E-state index in [9.17, 15) is 9.59 Å². The second kappa shape index (κ2) is 11.5. The molecule has 0 spiro atoms. The number of amides is 2. The van der Waals surface area contributed by atoms with E-state index in [1.165, 1.54) is 13.0 Å². The van der Waals surface area contributed by atoms with Gasteiger partial charge in [-0.3, -0.25) is 4.79 Å². The Balaban J connectivity index is 2.00. The van der Waals surface area contributed by atoms with Crippen LogP contribution >= 0.6 is 0 Å². The number of rotatable bonds is 6. The minimum Gasteiger partial charge on any atom is -0.444 e. The summed E-state index contributed by atoms with van der Waals surface area (Å²) in [4.78, 5) is 25.9. The lowest BCUT2D eigenvalue weighted by Crippen LogP contribution is -2.43. The number of hydrogen-bond acceptors (Lipinski definition) is 3. The van der Waals surface area contributed by atoms with Crippen molar-refractivity contribution in [1.82, 2.24) is 10.2 Å². The van der Waals surface area contributed by atoms with E-state index in [2.05, 4.69) is 11.4 Å². The highest BCUT2D eigenvalue weighted by Crippen LogP contribution is 2.38. The quantitative estimate of drug-likeness (QED) is 0.490. The standard InChI is InChI=1S/C29H37FN2O3/c1-20-10-6-11-22(18-20)27-25(13-7-15-26(27)30)24(14-8-16-31-21(2)33)23-12-9-17-32(19-23)28(34)35-29(3,4)5/h6-7,10-11,13-15,18,23H,8-9,12,16-17,19H2,1-5H3,(H,31,33)/b24-14-/t23-/m1/s1. The Morgan fingerprint density at radius 2 is 1.94 bits per heavy atom. The maximum Gasteiger partial charge on any atom is 0.410 e. The Hall–Kier alpha value is -3.15. The number of carbonyl (C=O) groups is 2. The molecule has 2 aromatic carbocycles. The normalized spacial score (nSPS) is 16.7. The first-order valence-corrected chi connectivity index (χ1v) is 12.3. The predicted molar refractivity (Wildman–Crippen MR) is 138 cm³/mol. The van der Waals surface area contributed by atoms with Crippen molar-refractivity contribution in [3.63, 3.8) is 0 Å². The molecule has 35 heavy (non-hydrogen) atoms. The Labute approximate surface area is 208 Å². The third-order valence-corrected chi connectivity index (χ3v) is 6.03. The second-order valence-corrected chi connectivity index (χ2v) is 10.2. The highest BCUT2D eigenvalue weighted by Gasteiger charge is 2.30. The monoisotopic (exact) mass is 480 g/mol. The van der Waals surface area contributed by atoms with Crippen molar-refractivity contribution < 1.29 is 18.7 Å². The van der Waals surface area contributed by atoms with Crippen LogP contribution in [0, 0.1) is 18.7 Å². The van der Waals surface area contributed by atoms with Crippen molar-refractivity contribution in [2.24, 2.45) is 5.92 Å². The second-order valence-electron chi connectivity index (χ2n) is 10.2. The molecule has 3 rings (SSSR count). The number of carbonyl (C=O) groups excluding carboxylic acids is 2. The van der Waals surface area contributed by atoms with Crippen molar-refractivity contribution >= 4 is 17.6 Å². The van der Waals surface area contributed by atoms with Gasteiger partial charge in [0.15, 0.2) is 0 Å². The number of piperidine rings is 1. The number of benzene rings is 2. The third kappa shape index (κ3) is 7.41. The van der Waals surface area contributed by atoms with Gasteiger partial charge in [-0.2, -0.15) is 0 Å². The molecule has 1 heterocycles. The largest absolute Gasteiger partial charge is 0.444 e.